The van der Waals surface area contributed by atoms with Crippen LogP contribution in [0.4, 0.5) is 0 Å². The molecule has 1 amide bonds. The zero-order chi connectivity index (χ0) is 32.2. The number of unbranched alkanes of at least 4 members (excludes halogenated alkanes) is 19. The Labute approximate surface area is 264 Å². The maximum atomic E-state index is 12.5. The summed E-state index contributed by atoms with van der Waals surface area (Å²) in [4.78, 5) is 12.5. The van der Waals surface area contributed by atoms with E-state index in [2.05, 4.69) is 30.3 Å². The van der Waals surface area contributed by atoms with E-state index >= 15 is 0 Å². The maximum Gasteiger partial charge on any atom is 0.397 e. The van der Waals surface area contributed by atoms with Crippen molar-refractivity contribution >= 4 is 16.3 Å². The third kappa shape index (κ3) is 29.5. The molecule has 0 aromatic carbocycles. The fourth-order valence-corrected chi connectivity index (χ4v) is 5.54. The topological polar surface area (TPSA) is 133 Å². The molecule has 0 fully saturated rings. The summed E-state index contributed by atoms with van der Waals surface area (Å²) in [6, 6.07) is -1.13. The zero-order valence-corrected chi connectivity index (χ0v) is 28.6. The zero-order valence-electron chi connectivity index (χ0n) is 27.8. The van der Waals surface area contributed by atoms with E-state index in [4.69, 9.17) is 4.55 Å². The molecule has 8 nitrogen and oxygen atoms in total. The Hall–Kier alpha value is -1.00. The molecule has 0 saturated carbocycles. The van der Waals surface area contributed by atoms with Crippen LogP contribution in [-0.4, -0.2) is 53.9 Å². The number of amides is 1. The van der Waals surface area contributed by atoms with Gasteiger partial charge in [0.15, 0.2) is 0 Å². The van der Waals surface area contributed by atoms with Gasteiger partial charge in [-0.15, -0.1) is 0 Å². The van der Waals surface area contributed by atoms with Crippen molar-refractivity contribution < 1.29 is 32.2 Å². The first kappa shape index (κ1) is 42.0. The summed E-state index contributed by atoms with van der Waals surface area (Å²) in [7, 11) is -4.74. The molecule has 0 aromatic rings. The van der Waals surface area contributed by atoms with Gasteiger partial charge in [0.25, 0.3) is 0 Å². The summed E-state index contributed by atoms with van der Waals surface area (Å²) < 4.78 is 35.5. The second-order valence-corrected chi connectivity index (χ2v) is 13.8. The van der Waals surface area contributed by atoms with E-state index in [1.807, 2.05) is 6.08 Å². The molecule has 0 aliphatic heterocycles. The van der Waals surface area contributed by atoms with Gasteiger partial charge >= 0.3 is 10.4 Å². The molecule has 0 heterocycles. The van der Waals surface area contributed by atoms with Gasteiger partial charge in [-0.05, 0) is 25.2 Å². The Morgan fingerprint density at radius 3 is 1.63 bits per heavy atom. The van der Waals surface area contributed by atoms with Gasteiger partial charge in [0.2, 0.25) is 5.91 Å². The van der Waals surface area contributed by atoms with Crippen LogP contribution in [0.15, 0.2) is 12.2 Å². The number of nitrogens with one attached hydrogen (secondary N) is 1. The van der Waals surface area contributed by atoms with Crippen LogP contribution in [0.5, 0.6) is 0 Å². The van der Waals surface area contributed by atoms with Crippen LogP contribution in [0.3, 0.4) is 0 Å². The molecule has 256 valence electrons. The van der Waals surface area contributed by atoms with Crippen molar-refractivity contribution in [3.05, 3.63) is 12.2 Å². The molecule has 0 aliphatic carbocycles. The Morgan fingerprint density at radius 2 is 1.16 bits per heavy atom. The summed E-state index contributed by atoms with van der Waals surface area (Å²) in [5.74, 6) is 0.0901. The van der Waals surface area contributed by atoms with Crippen LogP contribution in [0.2, 0.25) is 0 Å². The number of aliphatic hydroxyl groups excluding tert-OH is 2. The number of rotatable bonds is 31. The quantitative estimate of drug-likeness (QED) is 0.0343. The van der Waals surface area contributed by atoms with Crippen LogP contribution in [0, 0.1) is 5.92 Å². The molecular weight excluding hydrogens is 566 g/mol. The highest BCUT2D eigenvalue weighted by Crippen LogP contribution is 2.15. The van der Waals surface area contributed by atoms with Gasteiger partial charge < -0.3 is 15.5 Å². The Balaban J connectivity index is 4.24. The molecule has 0 spiro atoms. The predicted octanol–water partition coefficient (Wildman–Crippen LogP) is 8.22. The molecule has 0 rings (SSSR count). The summed E-state index contributed by atoms with van der Waals surface area (Å²) in [5.41, 5.74) is 0. The summed E-state index contributed by atoms with van der Waals surface area (Å²) >= 11 is 0. The van der Waals surface area contributed by atoms with Gasteiger partial charge in [-0.2, -0.15) is 8.42 Å². The molecule has 0 aromatic heterocycles. The van der Waals surface area contributed by atoms with Gasteiger partial charge in [0.1, 0.15) is 6.10 Å². The molecule has 4 N–H and O–H groups in total. The van der Waals surface area contributed by atoms with Gasteiger partial charge in [0.05, 0.1) is 18.8 Å². The maximum absolute atomic E-state index is 12.5. The number of allylic oxidation sites excluding steroid dienone is 1. The molecule has 9 heteroatoms. The third-order valence-electron chi connectivity index (χ3n) is 8.01. The average molecular weight is 634 g/mol. The van der Waals surface area contributed by atoms with Gasteiger partial charge in [-0.25, -0.2) is 4.18 Å². The van der Waals surface area contributed by atoms with E-state index in [1.54, 1.807) is 0 Å². The second kappa shape index (κ2) is 28.5. The van der Waals surface area contributed by atoms with Crippen LogP contribution in [0.25, 0.3) is 0 Å². The van der Waals surface area contributed by atoms with Crippen molar-refractivity contribution in [2.24, 2.45) is 5.92 Å². The number of carbonyl (C=O) groups is 1. The molecule has 0 radical (unpaired) electrons. The minimum atomic E-state index is -4.74. The first-order valence-electron chi connectivity index (χ1n) is 17.5. The summed E-state index contributed by atoms with van der Waals surface area (Å²) in [6.07, 6.45) is 27.1. The molecule has 3 unspecified atom stereocenters. The lowest BCUT2D eigenvalue weighted by Gasteiger charge is -2.23. The third-order valence-corrected chi connectivity index (χ3v) is 8.44. The fraction of sp³-hybridized carbons (Fsp3) is 0.912. The SMILES string of the molecule is CCCCCCCCCCCCC/C=C/C(O)C(COS(=O)(=O)O)NC(=O)C(O)CCCCCCCCCCCC(C)C. The summed E-state index contributed by atoms with van der Waals surface area (Å²) in [6.45, 7) is 6.12. The number of hydrogen-bond acceptors (Lipinski definition) is 6. The lowest BCUT2D eigenvalue weighted by Crippen LogP contribution is -2.49. The summed E-state index contributed by atoms with van der Waals surface area (Å²) in [5, 5.41) is 23.4. The highest BCUT2D eigenvalue weighted by atomic mass is 32.3. The lowest BCUT2D eigenvalue weighted by atomic mass is 10.0. The van der Waals surface area contributed by atoms with E-state index < -0.39 is 41.2 Å². The normalized spacial score (nSPS) is 14.4. The number of carbonyl (C=O) groups excluding carboxylic acids is 1. The highest BCUT2D eigenvalue weighted by Gasteiger charge is 2.25. The first-order chi connectivity index (χ1) is 20.6. The lowest BCUT2D eigenvalue weighted by molar-refractivity contribution is -0.131. The number of hydrogen-bond donors (Lipinski definition) is 4. The minimum absolute atomic E-state index is 0.289. The van der Waals surface area contributed by atoms with E-state index in [9.17, 15) is 23.4 Å². The van der Waals surface area contributed by atoms with Gasteiger partial charge in [0, 0.05) is 0 Å². The van der Waals surface area contributed by atoms with Crippen molar-refractivity contribution in [2.75, 3.05) is 6.61 Å². The largest absolute Gasteiger partial charge is 0.397 e. The van der Waals surface area contributed by atoms with E-state index in [0.29, 0.717) is 6.42 Å². The van der Waals surface area contributed by atoms with Crippen molar-refractivity contribution in [3.63, 3.8) is 0 Å². The van der Waals surface area contributed by atoms with E-state index in [1.165, 1.54) is 102 Å². The Bertz CT molecular complexity index is 773. The molecular formula is C34H67NO7S. The van der Waals surface area contributed by atoms with Crippen molar-refractivity contribution in [1.29, 1.82) is 0 Å². The monoisotopic (exact) mass is 633 g/mol. The first-order valence-corrected chi connectivity index (χ1v) is 18.9. The Morgan fingerprint density at radius 1 is 0.721 bits per heavy atom. The van der Waals surface area contributed by atoms with Gasteiger partial charge in [-0.3, -0.25) is 9.35 Å². The van der Waals surface area contributed by atoms with Gasteiger partial charge in [-0.1, -0.05) is 161 Å². The Kier molecular flexibility index (Phi) is 27.8. The van der Waals surface area contributed by atoms with Crippen LogP contribution >= 0.6 is 0 Å². The average Bonchev–Trinajstić information content (AvgIpc) is 2.95. The minimum Gasteiger partial charge on any atom is -0.387 e. The molecule has 0 saturated heterocycles. The van der Waals surface area contributed by atoms with E-state index in [-0.39, 0.29) is 6.42 Å². The van der Waals surface area contributed by atoms with Crippen LogP contribution < -0.4 is 5.32 Å². The standard InChI is InChI=1S/C34H67NO7S/c1-4-5-6-7-8-9-10-11-12-15-18-21-24-27-32(36)31(29-42-43(39,40)41)35-34(38)33(37)28-25-22-19-16-13-14-17-20-23-26-30(2)3/h24,27,30-33,36-37H,4-23,25-26,28-29H2,1-3H3,(H,35,38)(H,39,40,41)/b27-24+. The fourth-order valence-electron chi connectivity index (χ4n) is 5.22. The molecule has 0 aliphatic rings. The van der Waals surface area contributed by atoms with Crippen molar-refractivity contribution in [1.82, 2.24) is 5.32 Å². The second-order valence-electron chi connectivity index (χ2n) is 12.7. The van der Waals surface area contributed by atoms with Crippen molar-refractivity contribution in [2.45, 2.75) is 187 Å². The van der Waals surface area contributed by atoms with Crippen molar-refractivity contribution in [3.8, 4) is 0 Å². The smallest absolute Gasteiger partial charge is 0.387 e. The molecule has 0 bridgehead atoms. The van der Waals surface area contributed by atoms with E-state index in [0.717, 1.165) is 44.4 Å². The highest BCUT2D eigenvalue weighted by molar-refractivity contribution is 7.80. The van der Waals surface area contributed by atoms with Crippen LogP contribution in [-0.2, 0) is 19.4 Å². The molecule has 3 atom stereocenters. The predicted molar refractivity (Wildman–Crippen MR) is 177 cm³/mol. The van der Waals surface area contributed by atoms with Crippen LogP contribution in [0.1, 0.15) is 168 Å². The molecule has 43 heavy (non-hydrogen) atoms. The number of aliphatic hydroxyl groups is 2.